The predicted molar refractivity (Wildman–Crippen MR) is 96.1 cm³/mol. The molecule has 1 atom stereocenters. The van der Waals surface area contributed by atoms with E-state index in [9.17, 15) is 14.7 Å². The van der Waals surface area contributed by atoms with Gasteiger partial charge in [-0.25, -0.2) is 0 Å². The molecule has 7 heteroatoms. The molecule has 1 aromatic carbocycles. The lowest BCUT2D eigenvalue weighted by Crippen LogP contribution is -2.36. The topological polar surface area (TPSA) is 57.6 Å². The number of rotatable bonds is 3. The lowest BCUT2D eigenvalue weighted by molar-refractivity contribution is -0.124. The molecule has 2 rings (SSSR count). The standard InChI is InChI=1S/C14H13BrINO3S/c1-3-7(2)17-13(19)11(21-14(17)20)5-8-4-9(15)6-10(16)12(8)18/h4-7,18H,3H2,1-2H3/b11-5-/t7-/m0/s1. The van der Waals surface area contributed by atoms with Crippen LogP contribution in [0.4, 0.5) is 4.79 Å². The second-order valence-corrected chi connectivity index (χ2v) is 7.71. The monoisotopic (exact) mass is 481 g/mol. The van der Waals surface area contributed by atoms with Crippen LogP contribution >= 0.6 is 50.3 Å². The van der Waals surface area contributed by atoms with Crippen LogP contribution in [0.15, 0.2) is 21.5 Å². The Morgan fingerprint density at radius 2 is 2.14 bits per heavy atom. The number of hydrogen-bond donors (Lipinski definition) is 1. The van der Waals surface area contributed by atoms with E-state index in [1.807, 2.05) is 36.4 Å². The molecular weight excluding hydrogens is 469 g/mol. The summed E-state index contributed by atoms with van der Waals surface area (Å²) >= 11 is 6.28. The molecule has 1 aliphatic rings. The second-order valence-electron chi connectivity index (χ2n) is 4.63. The highest BCUT2D eigenvalue weighted by Gasteiger charge is 2.37. The average molecular weight is 482 g/mol. The summed E-state index contributed by atoms with van der Waals surface area (Å²) in [6, 6.07) is 3.37. The third kappa shape index (κ3) is 3.45. The minimum absolute atomic E-state index is 0.106. The maximum Gasteiger partial charge on any atom is 0.293 e. The van der Waals surface area contributed by atoms with Crippen LogP contribution < -0.4 is 0 Å². The molecule has 1 aliphatic heterocycles. The molecular formula is C14H13BrINO3S. The summed E-state index contributed by atoms with van der Waals surface area (Å²) in [5, 5.41) is 9.80. The number of benzene rings is 1. The van der Waals surface area contributed by atoms with Crippen molar-refractivity contribution in [2.45, 2.75) is 26.3 Å². The number of carbonyl (C=O) groups excluding carboxylic acids is 2. The van der Waals surface area contributed by atoms with E-state index in [1.165, 1.54) is 4.90 Å². The van der Waals surface area contributed by atoms with E-state index < -0.39 is 0 Å². The van der Waals surface area contributed by atoms with E-state index >= 15 is 0 Å². The molecule has 0 saturated carbocycles. The number of carbonyl (C=O) groups is 2. The van der Waals surface area contributed by atoms with Crippen LogP contribution in [-0.4, -0.2) is 27.2 Å². The number of amides is 2. The zero-order valence-corrected chi connectivity index (χ0v) is 16.0. The Morgan fingerprint density at radius 3 is 2.76 bits per heavy atom. The van der Waals surface area contributed by atoms with Crippen molar-refractivity contribution in [3.05, 3.63) is 30.6 Å². The maximum atomic E-state index is 12.3. The third-order valence-electron chi connectivity index (χ3n) is 3.20. The first kappa shape index (κ1) is 16.8. The Hall–Kier alpha value is -0.540. The number of hydrogen-bond acceptors (Lipinski definition) is 4. The Labute approximate surface area is 149 Å². The highest BCUT2D eigenvalue weighted by atomic mass is 127. The molecule has 0 bridgehead atoms. The fourth-order valence-corrected chi connectivity index (χ4v) is 4.35. The van der Waals surface area contributed by atoms with E-state index in [4.69, 9.17) is 0 Å². The van der Waals surface area contributed by atoms with Crippen LogP contribution in [0, 0.1) is 3.57 Å². The molecule has 1 N–H and O–H groups in total. The Kier molecular flexibility index (Phi) is 5.37. The minimum Gasteiger partial charge on any atom is -0.506 e. The van der Waals surface area contributed by atoms with Gasteiger partial charge in [-0.05, 0) is 65.9 Å². The predicted octanol–water partition coefficient (Wildman–Crippen LogP) is 4.59. The fraction of sp³-hybridized carbons (Fsp3) is 0.286. The van der Waals surface area contributed by atoms with Gasteiger partial charge in [0.1, 0.15) is 5.75 Å². The Bertz CT molecular complexity index is 647. The van der Waals surface area contributed by atoms with Crippen molar-refractivity contribution in [2.24, 2.45) is 0 Å². The van der Waals surface area contributed by atoms with Gasteiger partial charge in [0, 0.05) is 16.1 Å². The molecule has 0 aromatic heterocycles. The molecule has 1 fully saturated rings. The first-order valence-corrected chi connectivity index (χ1v) is 8.99. The zero-order chi connectivity index (χ0) is 15.7. The molecule has 1 aromatic rings. The summed E-state index contributed by atoms with van der Waals surface area (Å²) in [6.07, 6.45) is 2.28. The fourth-order valence-electron chi connectivity index (χ4n) is 1.88. The molecule has 1 saturated heterocycles. The summed E-state index contributed by atoms with van der Waals surface area (Å²) in [5.74, 6) is -0.192. The van der Waals surface area contributed by atoms with Gasteiger partial charge in [0.2, 0.25) is 0 Å². The van der Waals surface area contributed by atoms with Crippen molar-refractivity contribution in [3.8, 4) is 5.75 Å². The molecule has 2 amide bonds. The highest BCUT2D eigenvalue weighted by Crippen LogP contribution is 2.37. The van der Waals surface area contributed by atoms with E-state index in [0.717, 1.165) is 16.2 Å². The third-order valence-corrected chi connectivity index (χ3v) is 5.36. The molecule has 21 heavy (non-hydrogen) atoms. The van der Waals surface area contributed by atoms with Crippen LogP contribution in [0.5, 0.6) is 5.75 Å². The van der Waals surface area contributed by atoms with E-state index in [2.05, 4.69) is 15.9 Å². The van der Waals surface area contributed by atoms with Crippen LogP contribution in [0.25, 0.3) is 6.08 Å². The number of phenolic OH excluding ortho intramolecular Hbond substituents is 1. The average Bonchev–Trinajstić information content (AvgIpc) is 2.69. The summed E-state index contributed by atoms with van der Waals surface area (Å²) < 4.78 is 1.48. The van der Waals surface area contributed by atoms with Gasteiger partial charge in [0.15, 0.2) is 0 Å². The number of halogens is 2. The van der Waals surface area contributed by atoms with Crippen molar-refractivity contribution < 1.29 is 14.7 Å². The molecule has 0 unspecified atom stereocenters. The van der Waals surface area contributed by atoms with Crippen LogP contribution in [0.3, 0.4) is 0 Å². The lowest BCUT2D eigenvalue weighted by Gasteiger charge is -2.19. The largest absolute Gasteiger partial charge is 0.506 e. The van der Waals surface area contributed by atoms with Crippen LogP contribution in [-0.2, 0) is 4.79 Å². The van der Waals surface area contributed by atoms with Gasteiger partial charge in [-0.15, -0.1) is 0 Å². The van der Waals surface area contributed by atoms with Gasteiger partial charge in [-0.3, -0.25) is 14.5 Å². The van der Waals surface area contributed by atoms with Gasteiger partial charge in [-0.2, -0.15) is 0 Å². The van der Waals surface area contributed by atoms with E-state index in [-0.39, 0.29) is 22.9 Å². The smallest absolute Gasteiger partial charge is 0.293 e. The summed E-state index contributed by atoms with van der Waals surface area (Å²) in [4.78, 5) is 25.9. The summed E-state index contributed by atoms with van der Waals surface area (Å²) in [7, 11) is 0. The molecule has 112 valence electrons. The molecule has 4 nitrogen and oxygen atoms in total. The van der Waals surface area contributed by atoms with E-state index in [0.29, 0.717) is 20.5 Å². The molecule has 0 spiro atoms. The van der Waals surface area contributed by atoms with Gasteiger partial charge >= 0.3 is 0 Å². The number of imide groups is 1. The van der Waals surface area contributed by atoms with Crippen molar-refractivity contribution in [3.63, 3.8) is 0 Å². The van der Waals surface area contributed by atoms with Gasteiger partial charge in [-0.1, -0.05) is 22.9 Å². The molecule has 0 radical (unpaired) electrons. The second kappa shape index (κ2) is 6.70. The SMILES string of the molecule is CC[C@H](C)N1C(=O)S/C(=C\c2cc(Br)cc(I)c2O)C1=O. The summed E-state index contributed by atoms with van der Waals surface area (Å²) in [5.41, 5.74) is 0.517. The molecule has 0 aliphatic carbocycles. The van der Waals surface area contributed by atoms with Crippen LogP contribution in [0.2, 0.25) is 0 Å². The van der Waals surface area contributed by atoms with Gasteiger partial charge in [0.05, 0.1) is 8.48 Å². The zero-order valence-electron chi connectivity index (χ0n) is 11.4. The van der Waals surface area contributed by atoms with Crippen LogP contribution in [0.1, 0.15) is 25.8 Å². The Balaban J connectivity index is 2.40. The number of nitrogens with zero attached hydrogens (tertiary/aromatic N) is 1. The van der Waals surface area contributed by atoms with Crippen molar-refractivity contribution in [1.29, 1.82) is 0 Å². The number of phenols is 1. The quantitative estimate of drug-likeness (QED) is 0.506. The minimum atomic E-state index is -0.297. The maximum absolute atomic E-state index is 12.3. The summed E-state index contributed by atoms with van der Waals surface area (Å²) in [6.45, 7) is 3.78. The van der Waals surface area contributed by atoms with E-state index in [1.54, 1.807) is 18.2 Å². The van der Waals surface area contributed by atoms with Crippen molar-refractivity contribution in [1.82, 2.24) is 4.90 Å². The number of aromatic hydroxyl groups is 1. The highest BCUT2D eigenvalue weighted by molar-refractivity contribution is 14.1. The van der Waals surface area contributed by atoms with Gasteiger partial charge < -0.3 is 5.11 Å². The number of thioether (sulfide) groups is 1. The lowest BCUT2D eigenvalue weighted by atomic mass is 10.1. The van der Waals surface area contributed by atoms with Gasteiger partial charge in [0.25, 0.3) is 11.1 Å². The first-order valence-electron chi connectivity index (χ1n) is 6.30. The van der Waals surface area contributed by atoms with Crippen molar-refractivity contribution >= 4 is 67.5 Å². The first-order chi connectivity index (χ1) is 9.85. The Morgan fingerprint density at radius 1 is 1.48 bits per heavy atom. The normalized spacial score (nSPS) is 18.7. The molecule has 1 heterocycles. The van der Waals surface area contributed by atoms with Crippen molar-refractivity contribution in [2.75, 3.05) is 0 Å².